The van der Waals surface area contributed by atoms with Crippen LogP contribution in [0, 0.1) is 16.7 Å². The first-order valence-electron chi connectivity index (χ1n) is 10.1. The molecule has 0 aromatic heterocycles. The van der Waals surface area contributed by atoms with Crippen molar-refractivity contribution in [1.29, 1.82) is 5.26 Å². The van der Waals surface area contributed by atoms with Crippen molar-refractivity contribution in [3.63, 3.8) is 0 Å². The highest BCUT2D eigenvalue weighted by Crippen LogP contribution is 2.51. The summed E-state index contributed by atoms with van der Waals surface area (Å²) in [4.78, 5) is 39.1. The Bertz CT molecular complexity index is 1000. The van der Waals surface area contributed by atoms with Crippen molar-refractivity contribution < 1.29 is 28.6 Å². The summed E-state index contributed by atoms with van der Waals surface area (Å²) in [5.41, 5.74) is 4.60. The van der Waals surface area contributed by atoms with E-state index in [1.165, 1.54) is 0 Å². The van der Waals surface area contributed by atoms with E-state index in [9.17, 15) is 19.6 Å². The standard InChI is InChI=1S/C23H24N2O6/c1-3-29-19(27)12-23(22(28)30-4-2)16(13-24)21(25)31-18-11-15(10-17(26)20(18)23)14-8-6-5-7-9-14/h5-9,15H,3-4,10-12,25H2,1-2H3. The van der Waals surface area contributed by atoms with Crippen LogP contribution in [0.25, 0.3) is 0 Å². The zero-order valence-electron chi connectivity index (χ0n) is 17.5. The number of esters is 2. The van der Waals surface area contributed by atoms with Gasteiger partial charge in [0.15, 0.2) is 5.78 Å². The van der Waals surface area contributed by atoms with Crippen molar-refractivity contribution in [2.24, 2.45) is 11.1 Å². The largest absolute Gasteiger partial charge is 0.466 e. The van der Waals surface area contributed by atoms with E-state index in [1.54, 1.807) is 13.8 Å². The van der Waals surface area contributed by atoms with Crippen molar-refractivity contribution in [2.75, 3.05) is 13.2 Å². The number of nitriles is 1. The Labute approximate surface area is 180 Å². The van der Waals surface area contributed by atoms with Crippen molar-refractivity contribution in [1.82, 2.24) is 0 Å². The molecule has 1 aliphatic heterocycles. The molecule has 2 aliphatic rings. The molecule has 2 unspecified atom stereocenters. The minimum atomic E-state index is -1.99. The Morgan fingerprint density at radius 1 is 1.19 bits per heavy atom. The Balaban J connectivity index is 2.17. The van der Waals surface area contributed by atoms with Crippen LogP contribution in [0.5, 0.6) is 0 Å². The maximum Gasteiger partial charge on any atom is 0.322 e. The summed E-state index contributed by atoms with van der Waals surface area (Å²) >= 11 is 0. The molecule has 2 atom stereocenters. The molecule has 0 bridgehead atoms. The Morgan fingerprint density at radius 2 is 1.87 bits per heavy atom. The van der Waals surface area contributed by atoms with Gasteiger partial charge >= 0.3 is 11.9 Å². The summed E-state index contributed by atoms with van der Waals surface area (Å²) in [6.07, 6.45) is -0.198. The number of allylic oxidation sites excluding steroid dienone is 1. The van der Waals surface area contributed by atoms with Gasteiger partial charge < -0.3 is 19.9 Å². The van der Waals surface area contributed by atoms with Crippen LogP contribution in [-0.4, -0.2) is 30.9 Å². The van der Waals surface area contributed by atoms with Gasteiger partial charge in [0, 0.05) is 12.8 Å². The average Bonchev–Trinajstić information content (AvgIpc) is 2.74. The maximum absolute atomic E-state index is 13.4. The first-order chi connectivity index (χ1) is 14.9. The molecule has 1 aromatic rings. The molecule has 0 saturated carbocycles. The zero-order chi connectivity index (χ0) is 22.6. The van der Waals surface area contributed by atoms with Crippen LogP contribution in [0.15, 0.2) is 53.1 Å². The van der Waals surface area contributed by atoms with Crippen molar-refractivity contribution >= 4 is 17.7 Å². The van der Waals surface area contributed by atoms with Crippen LogP contribution in [0.2, 0.25) is 0 Å². The number of ether oxygens (including phenoxy) is 3. The SMILES string of the molecule is CCOC(=O)CC1(C(=O)OCC)C(C#N)=C(N)OC2=C1C(=O)CC(c1ccccc1)C2. The van der Waals surface area contributed by atoms with E-state index in [0.29, 0.717) is 0 Å². The molecular formula is C23H24N2O6. The highest BCUT2D eigenvalue weighted by atomic mass is 16.5. The summed E-state index contributed by atoms with van der Waals surface area (Å²) in [6, 6.07) is 11.3. The Hall–Kier alpha value is -3.60. The third kappa shape index (κ3) is 3.91. The molecule has 2 N–H and O–H groups in total. The maximum atomic E-state index is 13.4. The van der Waals surface area contributed by atoms with E-state index in [2.05, 4.69) is 0 Å². The molecule has 0 amide bonds. The fourth-order valence-corrected chi connectivity index (χ4v) is 4.21. The first-order valence-corrected chi connectivity index (χ1v) is 10.1. The Morgan fingerprint density at radius 3 is 2.48 bits per heavy atom. The molecular weight excluding hydrogens is 400 g/mol. The molecule has 3 rings (SSSR count). The second-order valence-electron chi connectivity index (χ2n) is 7.30. The molecule has 0 saturated heterocycles. The van der Waals surface area contributed by atoms with Gasteiger partial charge in [-0.2, -0.15) is 5.26 Å². The number of carbonyl (C=O) groups excluding carboxylic acids is 3. The molecule has 162 valence electrons. The summed E-state index contributed by atoms with van der Waals surface area (Å²) in [7, 11) is 0. The first kappa shape index (κ1) is 22.1. The molecule has 0 spiro atoms. The summed E-state index contributed by atoms with van der Waals surface area (Å²) in [5, 5.41) is 9.80. The van der Waals surface area contributed by atoms with Crippen LogP contribution >= 0.6 is 0 Å². The topological polar surface area (TPSA) is 129 Å². The summed E-state index contributed by atoms with van der Waals surface area (Å²) < 4.78 is 15.9. The second-order valence-corrected chi connectivity index (χ2v) is 7.30. The van der Waals surface area contributed by atoms with E-state index in [1.807, 2.05) is 36.4 Å². The summed E-state index contributed by atoms with van der Waals surface area (Å²) in [6.45, 7) is 3.28. The van der Waals surface area contributed by atoms with Gasteiger partial charge in [0.1, 0.15) is 22.8 Å². The molecule has 8 nitrogen and oxygen atoms in total. The van der Waals surface area contributed by atoms with Crippen LogP contribution in [0.3, 0.4) is 0 Å². The van der Waals surface area contributed by atoms with Gasteiger partial charge in [0.2, 0.25) is 5.88 Å². The molecule has 31 heavy (non-hydrogen) atoms. The third-order valence-corrected chi connectivity index (χ3v) is 5.48. The fourth-order valence-electron chi connectivity index (χ4n) is 4.21. The quantitative estimate of drug-likeness (QED) is 0.690. The van der Waals surface area contributed by atoms with Gasteiger partial charge in [-0.05, 0) is 25.3 Å². The lowest BCUT2D eigenvalue weighted by Crippen LogP contribution is -2.47. The number of nitrogens with zero attached hydrogens (tertiary/aromatic N) is 1. The minimum absolute atomic E-state index is 0.00762. The molecule has 1 aliphatic carbocycles. The van der Waals surface area contributed by atoms with Gasteiger partial charge in [-0.1, -0.05) is 30.3 Å². The van der Waals surface area contributed by atoms with Crippen LogP contribution in [-0.2, 0) is 28.6 Å². The normalized spacial score (nSPS) is 22.9. The van der Waals surface area contributed by atoms with E-state index in [-0.39, 0.29) is 54.8 Å². The van der Waals surface area contributed by atoms with Crippen LogP contribution < -0.4 is 5.73 Å². The number of hydrogen-bond acceptors (Lipinski definition) is 8. The smallest absolute Gasteiger partial charge is 0.322 e. The zero-order valence-corrected chi connectivity index (χ0v) is 17.5. The molecule has 0 fully saturated rings. The fraction of sp³-hybridized carbons (Fsp3) is 0.391. The average molecular weight is 424 g/mol. The van der Waals surface area contributed by atoms with Gasteiger partial charge in [-0.3, -0.25) is 14.4 Å². The Kier molecular flexibility index (Phi) is 6.44. The van der Waals surface area contributed by atoms with Crippen molar-refractivity contribution in [3.8, 4) is 6.07 Å². The van der Waals surface area contributed by atoms with E-state index in [4.69, 9.17) is 19.9 Å². The van der Waals surface area contributed by atoms with Gasteiger partial charge in [-0.25, -0.2) is 0 Å². The molecule has 0 radical (unpaired) electrons. The number of ketones is 1. The number of nitrogens with two attached hydrogens (primary N) is 1. The lowest BCUT2D eigenvalue weighted by molar-refractivity contribution is -0.159. The van der Waals surface area contributed by atoms with Crippen molar-refractivity contribution in [3.05, 3.63) is 58.7 Å². The van der Waals surface area contributed by atoms with E-state index in [0.717, 1.165) is 5.56 Å². The lowest BCUT2D eigenvalue weighted by atomic mass is 9.64. The minimum Gasteiger partial charge on any atom is -0.466 e. The predicted octanol–water partition coefficient (Wildman–Crippen LogP) is 2.61. The number of rotatable bonds is 6. The van der Waals surface area contributed by atoms with E-state index < -0.39 is 29.6 Å². The number of carbonyl (C=O) groups is 3. The molecule has 1 heterocycles. The monoisotopic (exact) mass is 424 g/mol. The van der Waals surface area contributed by atoms with Crippen LogP contribution in [0.4, 0.5) is 0 Å². The number of Topliss-reactive ketones (excluding diaryl/α,β-unsaturated/α-hetero) is 1. The van der Waals surface area contributed by atoms with Crippen molar-refractivity contribution in [2.45, 2.75) is 39.0 Å². The number of hydrogen-bond donors (Lipinski definition) is 1. The van der Waals surface area contributed by atoms with Crippen LogP contribution in [0.1, 0.15) is 44.6 Å². The number of benzene rings is 1. The van der Waals surface area contributed by atoms with Gasteiger partial charge in [-0.15, -0.1) is 0 Å². The van der Waals surface area contributed by atoms with Gasteiger partial charge in [0.05, 0.1) is 25.2 Å². The predicted molar refractivity (Wildman–Crippen MR) is 109 cm³/mol. The van der Waals surface area contributed by atoms with Gasteiger partial charge in [0.25, 0.3) is 0 Å². The second kappa shape index (κ2) is 9.04. The molecule has 1 aromatic carbocycles. The third-order valence-electron chi connectivity index (χ3n) is 5.48. The highest BCUT2D eigenvalue weighted by molar-refractivity contribution is 6.08. The summed E-state index contributed by atoms with van der Waals surface area (Å²) in [5.74, 6) is -2.37. The molecule has 8 heteroatoms. The lowest BCUT2D eigenvalue weighted by Gasteiger charge is -2.40. The highest BCUT2D eigenvalue weighted by Gasteiger charge is 2.58. The van der Waals surface area contributed by atoms with E-state index >= 15 is 0 Å².